The highest BCUT2D eigenvalue weighted by molar-refractivity contribution is 6.31. The van der Waals surface area contributed by atoms with E-state index in [1.807, 2.05) is 18.2 Å². The molecule has 1 aliphatic rings. The van der Waals surface area contributed by atoms with Crippen molar-refractivity contribution in [3.63, 3.8) is 0 Å². The standard InChI is InChI=1S/C17H21ClN4/c18-16-5-2-1-4-15(16)13-22-10-6-14(7-11-22)12-21-17-19-8-3-9-20-17/h1-5,8-9,14H,6-7,10-13H2,(H,19,20,21). The summed E-state index contributed by atoms with van der Waals surface area (Å²) in [6.45, 7) is 4.13. The summed E-state index contributed by atoms with van der Waals surface area (Å²) in [7, 11) is 0. The summed E-state index contributed by atoms with van der Waals surface area (Å²) in [6.07, 6.45) is 5.93. The van der Waals surface area contributed by atoms with Crippen LogP contribution in [0.5, 0.6) is 0 Å². The molecule has 0 atom stereocenters. The van der Waals surface area contributed by atoms with Gasteiger partial charge in [-0.25, -0.2) is 9.97 Å². The number of halogens is 1. The molecule has 0 amide bonds. The van der Waals surface area contributed by atoms with Crippen LogP contribution in [0.4, 0.5) is 5.95 Å². The van der Waals surface area contributed by atoms with Crippen LogP contribution in [0.25, 0.3) is 0 Å². The van der Waals surface area contributed by atoms with Crippen LogP contribution in [-0.2, 0) is 6.54 Å². The van der Waals surface area contributed by atoms with Crippen LogP contribution in [0.1, 0.15) is 18.4 Å². The van der Waals surface area contributed by atoms with Gasteiger partial charge in [-0.2, -0.15) is 0 Å². The molecule has 4 nitrogen and oxygen atoms in total. The van der Waals surface area contributed by atoms with Crippen molar-refractivity contribution in [1.29, 1.82) is 0 Å². The van der Waals surface area contributed by atoms with Gasteiger partial charge in [-0.05, 0) is 49.5 Å². The van der Waals surface area contributed by atoms with Crippen LogP contribution in [0, 0.1) is 5.92 Å². The highest BCUT2D eigenvalue weighted by atomic mass is 35.5. The highest BCUT2D eigenvalue weighted by Crippen LogP contribution is 2.22. The molecule has 1 N–H and O–H groups in total. The predicted octanol–water partition coefficient (Wildman–Crippen LogP) is 3.45. The molecule has 2 aromatic rings. The molecule has 0 unspecified atom stereocenters. The Kier molecular flexibility index (Phi) is 5.24. The second-order valence-corrected chi connectivity index (χ2v) is 6.17. The van der Waals surface area contributed by atoms with Gasteiger partial charge in [0.1, 0.15) is 0 Å². The van der Waals surface area contributed by atoms with Crippen molar-refractivity contribution in [2.24, 2.45) is 5.92 Å². The van der Waals surface area contributed by atoms with Gasteiger partial charge in [-0.1, -0.05) is 29.8 Å². The Morgan fingerprint density at radius 2 is 1.82 bits per heavy atom. The number of hydrogen-bond donors (Lipinski definition) is 1. The van der Waals surface area contributed by atoms with E-state index in [0.29, 0.717) is 5.92 Å². The molecule has 0 spiro atoms. The normalized spacial score (nSPS) is 16.6. The minimum Gasteiger partial charge on any atom is -0.354 e. The first-order chi connectivity index (χ1) is 10.8. The van der Waals surface area contributed by atoms with Crippen LogP contribution in [0.3, 0.4) is 0 Å². The first-order valence-electron chi connectivity index (χ1n) is 7.78. The van der Waals surface area contributed by atoms with E-state index in [9.17, 15) is 0 Å². The van der Waals surface area contributed by atoms with Crippen molar-refractivity contribution in [1.82, 2.24) is 14.9 Å². The van der Waals surface area contributed by atoms with Crippen LogP contribution in [-0.4, -0.2) is 34.5 Å². The Hall–Kier alpha value is -1.65. The lowest BCUT2D eigenvalue weighted by molar-refractivity contribution is 0.182. The number of nitrogens with one attached hydrogen (secondary N) is 1. The number of hydrogen-bond acceptors (Lipinski definition) is 4. The molecular weight excluding hydrogens is 296 g/mol. The van der Waals surface area contributed by atoms with Crippen LogP contribution < -0.4 is 5.32 Å². The van der Waals surface area contributed by atoms with Gasteiger partial charge in [0.15, 0.2) is 0 Å². The average molecular weight is 317 g/mol. The van der Waals surface area contributed by atoms with Gasteiger partial charge in [0.2, 0.25) is 5.95 Å². The molecule has 116 valence electrons. The number of anilines is 1. The minimum absolute atomic E-state index is 0.686. The maximum absolute atomic E-state index is 6.24. The predicted molar refractivity (Wildman–Crippen MR) is 90.0 cm³/mol. The Morgan fingerprint density at radius 3 is 2.55 bits per heavy atom. The number of aromatic nitrogens is 2. The summed E-state index contributed by atoms with van der Waals surface area (Å²) in [6, 6.07) is 9.95. The molecule has 2 heterocycles. The number of benzene rings is 1. The van der Waals surface area contributed by atoms with Crippen LogP contribution in [0.2, 0.25) is 5.02 Å². The lowest BCUT2D eigenvalue weighted by Gasteiger charge is -2.32. The molecule has 1 saturated heterocycles. The van der Waals surface area contributed by atoms with Gasteiger partial charge in [0, 0.05) is 30.5 Å². The van der Waals surface area contributed by atoms with E-state index in [4.69, 9.17) is 11.6 Å². The fraction of sp³-hybridized carbons (Fsp3) is 0.412. The van der Waals surface area contributed by atoms with E-state index in [-0.39, 0.29) is 0 Å². The van der Waals surface area contributed by atoms with E-state index in [1.165, 1.54) is 18.4 Å². The molecule has 5 heteroatoms. The SMILES string of the molecule is Clc1ccccc1CN1CCC(CNc2ncccn2)CC1. The topological polar surface area (TPSA) is 41.0 Å². The Bertz CT molecular complexity index is 582. The maximum atomic E-state index is 6.24. The number of rotatable bonds is 5. The zero-order valence-electron chi connectivity index (χ0n) is 12.6. The van der Waals surface area contributed by atoms with Crippen molar-refractivity contribution < 1.29 is 0 Å². The summed E-state index contributed by atoms with van der Waals surface area (Å²) in [5, 5.41) is 4.19. The summed E-state index contributed by atoms with van der Waals surface area (Å²) in [5.41, 5.74) is 1.22. The molecular formula is C17H21ClN4. The van der Waals surface area contributed by atoms with E-state index < -0.39 is 0 Å². The molecule has 0 saturated carbocycles. The van der Waals surface area contributed by atoms with Crippen LogP contribution >= 0.6 is 11.6 Å². The summed E-state index contributed by atoms with van der Waals surface area (Å²) < 4.78 is 0. The molecule has 1 aromatic heterocycles. The van der Waals surface area contributed by atoms with Gasteiger partial charge in [0.05, 0.1) is 0 Å². The highest BCUT2D eigenvalue weighted by Gasteiger charge is 2.19. The zero-order valence-corrected chi connectivity index (χ0v) is 13.3. The largest absolute Gasteiger partial charge is 0.354 e. The second-order valence-electron chi connectivity index (χ2n) is 5.76. The molecule has 0 radical (unpaired) electrons. The third-order valence-electron chi connectivity index (χ3n) is 4.17. The van der Waals surface area contributed by atoms with Crippen molar-refractivity contribution in [2.75, 3.05) is 25.0 Å². The number of piperidine rings is 1. The third kappa shape index (κ3) is 4.18. The van der Waals surface area contributed by atoms with Crippen molar-refractivity contribution in [2.45, 2.75) is 19.4 Å². The van der Waals surface area contributed by atoms with Crippen molar-refractivity contribution >= 4 is 17.5 Å². The molecule has 1 aromatic carbocycles. The first kappa shape index (κ1) is 15.3. The molecule has 1 aliphatic heterocycles. The van der Waals surface area contributed by atoms with Crippen molar-refractivity contribution in [3.05, 3.63) is 53.3 Å². The fourth-order valence-corrected chi connectivity index (χ4v) is 3.04. The van der Waals surface area contributed by atoms with Gasteiger partial charge >= 0.3 is 0 Å². The quantitative estimate of drug-likeness (QED) is 0.917. The van der Waals surface area contributed by atoms with Crippen LogP contribution in [0.15, 0.2) is 42.7 Å². The summed E-state index contributed by atoms with van der Waals surface area (Å²) in [4.78, 5) is 10.9. The smallest absolute Gasteiger partial charge is 0.222 e. The summed E-state index contributed by atoms with van der Waals surface area (Å²) in [5.74, 6) is 1.41. The van der Waals surface area contributed by atoms with Gasteiger partial charge < -0.3 is 5.32 Å². The summed E-state index contributed by atoms with van der Waals surface area (Å²) >= 11 is 6.24. The van der Waals surface area contributed by atoms with E-state index in [0.717, 1.165) is 37.1 Å². The average Bonchev–Trinajstić information content (AvgIpc) is 2.57. The van der Waals surface area contributed by atoms with Crippen molar-refractivity contribution in [3.8, 4) is 0 Å². The number of likely N-dealkylation sites (tertiary alicyclic amines) is 1. The zero-order chi connectivity index (χ0) is 15.2. The Labute approximate surface area is 136 Å². The number of nitrogens with zero attached hydrogens (tertiary/aromatic N) is 3. The molecule has 1 fully saturated rings. The molecule has 0 bridgehead atoms. The van der Waals surface area contributed by atoms with Gasteiger partial charge in [-0.3, -0.25) is 4.90 Å². The van der Waals surface area contributed by atoms with Gasteiger partial charge in [-0.15, -0.1) is 0 Å². The maximum Gasteiger partial charge on any atom is 0.222 e. The second kappa shape index (κ2) is 7.56. The third-order valence-corrected chi connectivity index (χ3v) is 4.54. The lowest BCUT2D eigenvalue weighted by Crippen LogP contribution is -2.35. The van der Waals surface area contributed by atoms with E-state index >= 15 is 0 Å². The monoisotopic (exact) mass is 316 g/mol. The Balaban J connectivity index is 1.44. The lowest BCUT2D eigenvalue weighted by atomic mass is 9.96. The Morgan fingerprint density at radius 1 is 1.09 bits per heavy atom. The minimum atomic E-state index is 0.686. The first-order valence-corrected chi connectivity index (χ1v) is 8.16. The fourth-order valence-electron chi connectivity index (χ4n) is 2.84. The van der Waals surface area contributed by atoms with E-state index in [1.54, 1.807) is 12.4 Å². The molecule has 22 heavy (non-hydrogen) atoms. The molecule has 3 rings (SSSR count). The van der Waals surface area contributed by atoms with Gasteiger partial charge in [0.25, 0.3) is 0 Å². The van der Waals surface area contributed by atoms with E-state index in [2.05, 4.69) is 32.3 Å². The molecule has 0 aliphatic carbocycles.